The molecule has 0 unspecified atom stereocenters. The Morgan fingerprint density at radius 3 is 2.75 bits per heavy atom. The minimum atomic E-state index is 0.0187. The van der Waals surface area contributed by atoms with Crippen LogP contribution in [0, 0.1) is 17.2 Å². The lowest BCUT2D eigenvalue weighted by Gasteiger charge is -2.34. The van der Waals surface area contributed by atoms with Crippen LogP contribution in [0.4, 0.5) is 10.6 Å². The molecule has 1 aliphatic rings. The zero-order valence-electron chi connectivity index (χ0n) is 14.8. The number of urea groups is 1. The summed E-state index contributed by atoms with van der Waals surface area (Å²) in [5.74, 6) is 1.41. The van der Waals surface area contributed by atoms with Crippen molar-refractivity contribution in [1.82, 2.24) is 15.2 Å². The van der Waals surface area contributed by atoms with Crippen LogP contribution in [-0.4, -0.2) is 48.6 Å². The lowest BCUT2D eigenvalue weighted by Crippen LogP contribution is -2.49. The van der Waals surface area contributed by atoms with Crippen LogP contribution in [0.15, 0.2) is 18.3 Å². The molecular weight excluding hydrogens is 302 g/mol. The second-order valence-corrected chi connectivity index (χ2v) is 6.62. The fraction of sp³-hybridized carbons (Fsp3) is 0.611. The highest BCUT2D eigenvalue weighted by Crippen LogP contribution is 2.18. The Hall–Kier alpha value is -2.29. The molecular formula is C18H27N5O. The third-order valence-electron chi connectivity index (χ3n) is 4.65. The van der Waals surface area contributed by atoms with E-state index in [1.165, 1.54) is 0 Å². The van der Waals surface area contributed by atoms with Gasteiger partial charge in [0.05, 0.1) is 5.56 Å². The van der Waals surface area contributed by atoms with Crippen LogP contribution in [0.25, 0.3) is 0 Å². The van der Waals surface area contributed by atoms with Gasteiger partial charge in [0.25, 0.3) is 0 Å². The van der Waals surface area contributed by atoms with Crippen molar-refractivity contribution in [1.29, 1.82) is 5.26 Å². The van der Waals surface area contributed by atoms with Crippen LogP contribution in [0.1, 0.15) is 38.7 Å². The van der Waals surface area contributed by atoms with Crippen LogP contribution in [0.5, 0.6) is 0 Å². The molecule has 2 amide bonds. The van der Waals surface area contributed by atoms with E-state index in [0.717, 1.165) is 44.7 Å². The normalized spacial score (nSPS) is 16.3. The van der Waals surface area contributed by atoms with Crippen LogP contribution < -0.4 is 10.2 Å². The first kappa shape index (κ1) is 18.1. The summed E-state index contributed by atoms with van der Waals surface area (Å²) in [6.07, 6.45) is 4.50. The van der Waals surface area contributed by atoms with E-state index in [1.54, 1.807) is 17.2 Å². The summed E-state index contributed by atoms with van der Waals surface area (Å²) in [5.41, 5.74) is 0.574. The molecule has 1 saturated heterocycles. The number of nitrogens with zero attached hydrogens (tertiary/aromatic N) is 4. The maximum absolute atomic E-state index is 12.2. The number of aromatic nitrogens is 1. The van der Waals surface area contributed by atoms with E-state index in [-0.39, 0.29) is 12.1 Å². The highest BCUT2D eigenvalue weighted by Gasteiger charge is 2.23. The number of carbonyl (C=O) groups excluding carboxylic acids is 1. The van der Waals surface area contributed by atoms with Gasteiger partial charge < -0.3 is 15.1 Å². The number of nitriles is 1. The zero-order valence-corrected chi connectivity index (χ0v) is 14.8. The monoisotopic (exact) mass is 329 g/mol. The molecule has 1 aromatic rings. The summed E-state index contributed by atoms with van der Waals surface area (Å²) in [5, 5.41) is 12.0. The lowest BCUT2D eigenvalue weighted by molar-refractivity contribution is 0.195. The Bertz CT molecular complexity index is 572. The second-order valence-electron chi connectivity index (χ2n) is 6.62. The molecule has 0 aliphatic carbocycles. The summed E-state index contributed by atoms with van der Waals surface area (Å²) in [7, 11) is 1.86. The zero-order chi connectivity index (χ0) is 17.5. The molecule has 0 saturated carbocycles. The van der Waals surface area contributed by atoms with E-state index >= 15 is 0 Å². The molecule has 0 bridgehead atoms. The Morgan fingerprint density at radius 1 is 1.50 bits per heavy atom. The fourth-order valence-corrected chi connectivity index (χ4v) is 2.86. The van der Waals surface area contributed by atoms with Gasteiger partial charge >= 0.3 is 6.03 Å². The van der Waals surface area contributed by atoms with Gasteiger partial charge in [0.2, 0.25) is 0 Å². The highest BCUT2D eigenvalue weighted by molar-refractivity contribution is 5.74. The quantitative estimate of drug-likeness (QED) is 0.901. The minimum absolute atomic E-state index is 0.0187. The van der Waals surface area contributed by atoms with Gasteiger partial charge in [0.1, 0.15) is 11.9 Å². The third-order valence-corrected chi connectivity index (χ3v) is 4.65. The van der Waals surface area contributed by atoms with Gasteiger partial charge in [-0.05, 0) is 30.9 Å². The average Bonchev–Trinajstić information content (AvgIpc) is 2.62. The van der Waals surface area contributed by atoms with Crippen molar-refractivity contribution < 1.29 is 4.79 Å². The predicted octanol–water partition coefficient (Wildman–Crippen LogP) is 2.61. The van der Waals surface area contributed by atoms with Crippen LogP contribution >= 0.6 is 0 Å². The summed E-state index contributed by atoms with van der Waals surface area (Å²) in [6, 6.07) is 5.99. The summed E-state index contributed by atoms with van der Waals surface area (Å²) >= 11 is 0. The van der Waals surface area contributed by atoms with Crippen LogP contribution in [-0.2, 0) is 0 Å². The Labute approximate surface area is 144 Å². The third kappa shape index (κ3) is 4.85. The molecule has 1 aromatic heterocycles. The van der Waals surface area contributed by atoms with Gasteiger partial charge in [-0.1, -0.05) is 20.3 Å². The van der Waals surface area contributed by atoms with E-state index in [9.17, 15) is 4.79 Å². The topological polar surface area (TPSA) is 72.3 Å². The van der Waals surface area contributed by atoms with Gasteiger partial charge in [-0.15, -0.1) is 0 Å². The summed E-state index contributed by atoms with van der Waals surface area (Å²) < 4.78 is 0. The maximum atomic E-state index is 12.2. The van der Waals surface area contributed by atoms with Crippen molar-refractivity contribution in [2.24, 2.45) is 5.92 Å². The molecule has 0 spiro atoms. The molecule has 0 aromatic carbocycles. The fourth-order valence-electron chi connectivity index (χ4n) is 2.86. The number of carbonyl (C=O) groups is 1. The maximum Gasteiger partial charge on any atom is 0.317 e. The van der Waals surface area contributed by atoms with E-state index in [0.29, 0.717) is 11.5 Å². The molecule has 1 N–H and O–H groups in total. The number of rotatable bonds is 5. The van der Waals surface area contributed by atoms with Crippen LogP contribution in [0.2, 0.25) is 0 Å². The van der Waals surface area contributed by atoms with Crippen molar-refractivity contribution in [2.45, 2.75) is 39.2 Å². The van der Waals surface area contributed by atoms with Gasteiger partial charge in [-0.3, -0.25) is 0 Å². The van der Waals surface area contributed by atoms with E-state index in [2.05, 4.69) is 35.1 Å². The Kier molecular flexibility index (Phi) is 6.42. The van der Waals surface area contributed by atoms with Gasteiger partial charge in [0.15, 0.2) is 0 Å². The van der Waals surface area contributed by atoms with Crippen LogP contribution in [0.3, 0.4) is 0 Å². The Morgan fingerprint density at radius 2 is 2.21 bits per heavy atom. The molecule has 6 heteroatoms. The molecule has 6 nitrogen and oxygen atoms in total. The van der Waals surface area contributed by atoms with Gasteiger partial charge in [0, 0.05) is 38.9 Å². The first-order chi connectivity index (χ1) is 11.5. The number of nitrogens with one attached hydrogen (secondary N) is 1. The molecule has 1 atom stereocenters. The number of hydrogen-bond acceptors (Lipinski definition) is 4. The van der Waals surface area contributed by atoms with E-state index in [4.69, 9.17) is 5.26 Å². The largest absolute Gasteiger partial charge is 0.356 e. The molecule has 0 radical (unpaired) electrons. The standard InChI is InChI=1S/C18H27N5O/c1-4-14(2)13-22(3)18(24)21-16-7-9-23(10-8-16)17-6-5-15(11-19)12-20-17/h5-6,12,14,16H,4,7-10,13H2,1-3H3,(H,21,24)/t14-/m0/s1. The van der Waals surface area contributed by atoms with Crippen molar-refractivity contribution in [3.05, 3.63) is 23.9 Å². The molecule has 2 heterocycles. The van der Waals surface area contributed by atoms with Crippen molar-refractivity contribution in [3.8, 4) is 6.07 Å². The smallest absolute Gasteiger partial charge is 0.317 e. The number of pyridine rings is 1. The SMILES string of the molecule is CC[C@H](C)CN(C)C(=O)NC1CCN(c2ccc(C#N)cn2)CC1. The van der Waals surface area contributed by atoms with Crippen molar-refractivity contribution in [2.75, 3.05) is 31.6 Å². The average molecular weight is 329 g/mol. The number of anilines is 1. The Balaban J connectivity index is 1.79. The second kappa shape index (κ2) is 8.53. The molecule has 24 heavy (non-hydrogen) atoms. The first-order valence-corrected chi connectivity index (χ1v) is 8.66. The number of amides is 2. The molecule has 1 fully saturated rings. The van der Waals surface area contributed by atoms with E-state index < -0.39 is 0 Å². The van der Waals surface area contributed by atoms with Gasteiger partial charge in [-0.2, -0.15) is 5.26 Å². The highest BCUT2D eigenvalue weighted by atomic mass is 16.2. The molecule has 2 rings (SSSR count). The molecule has 1 aliphatic heterocycles. The molecule has 130 valence electrons. The summed E-state index contributed by atoms with van der Waals surface area (Å²) in [6.45, 7) is 6.81. The van der Waals surface area contributed by atoms with Crippen molar-refractivity contribution in [3.63, 3.8) is 0 Å². The number of hydrogen-bond donors (Lipinski definition) is 1. The summed E-state index contributed by atoms with van der Waals surface area (Å²) in [4.78, 5) is 20.6. The first-order valence-electron chi connectivity index (χ1n) is 8.66. The lowest BCUT2D eigenvalue weighted by atomic mass is 10.1. The number of piperidine rings is 1. The van der Waals surface area contributed by atoms with Crippen molar-refractivity contribution >= 4 is 11.8 Å². The van der Waals surface area contributed by atoms with E-state index in [1.807, 2.05) is 13.1 Å². The minimum Gasteiger partial charge on any atom is -0.356 e. The predicted molar refractivity (Wildman–Crippen MR) is 94.8 cm³/mol. The van der Waals surface area contributed by atoms with Gasteiger partial charge in [-0.25, -0.2) is 9.78 Å².